The summed E-state index contributed by atoms with van der Waals surface area (Å²) in [6.07, 6.45) is -1.44. The lowest BCUT2D eigenvalue weighted by Gasteiger charge is -2.25. The number of pyridine rings is 1. The summed E-state index contributed by atoms with van der Waals surface area (Å²) >= 11 is 1.48. The fraction of sp³-hybridized carbons (Fsp3) is 0.357. The number of nitrogens with zero attached hydrogens (tertiary/aromatic N) is 3. The Kier molecular flexibility index (Phi) is 4.92. The fourth-order valence-electron chi connectivity index (χ4n) is 2.00. The predicted octanol–water partition coefficient (Wildman–Crippen LogP) is 3.56. The summed E-state index contributed by atoms with van der Waals surface area (Å²) in [4.78, 5) is 21.2. The number of aromatic nitrogens is 2. The Morgan fingerprint density at radius 2 is 2.14 bits per heavy atom. The second kappa shape index (κ2) is 6.53. The van der Waals surface area contributed by atoms with Crippen molar-refractivity contribution in [1.29, 1.82) is 0 Å². The first kappa shape index (κ1) is 16.6. The van der Waals surface area contributed by atoms with Gasteiger partial charge in [-0.15, -0.1) is 11.3 Å². The molecule has 2 rings (SSSR count). The average molecular weight is 329 g/mol. The molecule has 0 aliphatic carbocycles. The smallest absolute Gasteiger partial charge is 0.296 e. The molecule has 0 bridgehead atoms. The van der Waals surface area contributed by atoms with Crippen LogP contribution in [0.3, 0.4) is 0 Å². The average Bonchev–Trinajstić information content (AvgIpc) is 2.97. The monoisotopic (exact) mass is 329 g/mol. The normalized spacial score (nSPS) is 13.4. The van der Waals surface area contributed by atoms with Gasteiger partial charge in [-0.05, 0) is 25.6 Å². The molecule has 8 heteroatoms. The molecule has 0 fully saturated rings. The Morgan fingerprint density at radius 3 is 2.68 bits per heavy atom. The lowest BCUT2D eigenvalue weighted by Crippen LogP contribution is -2.22. The highest BCUT2D eigenvalue weighted by Crippen LogP contribution is 2.33. The number of halogens is 3. The van der Waals surface area contributed by atoms with E-state index in [2.05, 4.69) is 9.97 Å². The zero-order valence-electron chi connectivity index (χ0n) is 12.0. The predicted molar refractivity (Wildman–Crippen MR) is 76.6 cm³/mol. The Morgan fingerprint density at radius 1 is 1.41 bits per heavy atom. The molecule has 22 heavy (non-hydrogen) atoms. The van der Waals surface area contributed by atoms with E-state index in [4.69, 9.17) is 0 Å². The molecule has 0 aliphatic rings. The summed E-state index contributed by atoms with van der Waals surface area (Å²) in [7, 11) is 1.81. The summed E-state index contributed by atoms with van der Waals surface area (Å²) in [5, 5.41) is 0. The molecule has 4 nitrogen and oxygen atoms in total. The van der Waals surface area contributed by atoms with E-state index in [1.807, 2.05) is 11.9 Å². The highest BCUT2D eigenvalue weighted by Gasteiger charge is 2.35. The quantitative estimate of drug-likeness (QED) is 0.787. The lowest BCUT2D eigenvalue weighted by atomic mass is 10.0. The van der Waals surface area contributed by atoms with Crippen LogP contribution in [-0.4, -0.2) is 28.2 Å². The summed E-state index contributed by atoms with van der Waals surface area (Å²) < 4.78 is 38.9. The van der Waals surface area contributed by atoms with Crippen LogP contribution < -0.4 is 0 Å². The molecule has 0 saturated heterocycles. The Labute approximate surface area is 129 Å². The van der Waals surface area contributed by atoms with Crippen molar-refractivity contribution in [2.75, 3.05) is 7.05 Å². The van der Waals surface area contributed by atoms with Gasteiger partial charge in [0, 0.05) is 29.9 Å². The van der Waals surface area contributed by atoms with Gasteiger partial charge >= 0.3 is 6.18 Å². The first-order valence-electron chi connectivity index (χ1n) is 6.43. The van der Waals surface area contributed by atoms with Gasteiger partial charge in [-0.3, -0.25) is 19.7 Å². The molecule has 0 saturated carbocycles. The van der Waals surface area contributed by atoms with Gasteiger partial charge in [-0.25, -0.2) is 0 Å². The van der Waals surface area contributed by atoms with Crippen molar-refractivity contribution in [1.82, 2.24) is 14.9 Å². The molecule has 2 aromatic rings. The molecule has 0 spiro atoms. The van der Waals surface area contributed by atoms with Crippen molar-refractivity contribution < 1.29 is 18.0 Å². The molecule has 0 unspecified atom stereocenters. The zero-order chi connectivity index (χ0) is 16.3. The topological polar surface area (TPSA) is 46.1 Å². The molecule has 1 atom stereocenters. The molecule has 2 heterocycles. The van der Waals surface area contributed by atoms with E-state index in [1.54, 1.807) is 18.6 Å². The van der Waals surface area contributed by atoms with Gasteiger partial charge in [-0.1, -0.05) is 0 Å². The number of rotatable bonds is 5. The van der Waals surface area contributed by atoms with Crippen molar-refractivity contribution in [3.8, 4) is 0 Å². The number of carbonyl (C=O) groups excluding carboxylic acids is 1. The van der Waals surface area contributed by atoms with Gasteiger partial charge in [0.05, 0.1) is 11.1 Å². The summed E-state index contributed by atoms with van der Waals surface area (Å²) in [5.74, 6) is 0. The molecule has 2 aromatic heterocycles. The molecule has 0 aliphatic heterocycles. The van der Waals surface area contributed by atoms with E-state index < -0.39 is 17.4 Å². The van der Waals surface area contributed by atoms with E-state index in [-0.39, 0.29) is 12.3 Å². The summed E-state index contributed by atoms with van der Waals surface area (Å²) in [6, 6.07) is 0.710. The Balaban J connectivity index is 2.26. The second-order valence-corrected chi connectivity index (χ2v) is 5.85. The van der Waals surface area contributed by atoms with Crippen LogP contribution in [0.15, 0.2) is 24.0 Å². The number of alkyl halides is 3. The minimum absolute atomic E-state index is 0.123. The largest absolute Gasteiger partial charge is 0.418 e. The fourth-order valence-corrected chi connectivity index (χ4v) is 2.66. The molecular formula is C14H14F3N3OS. The third kappa shape index (κ3) is 3.69. The highest BCUT2D eigenvalue weighted by atomic mass is 32.1. The molecule has 0 amide bonds. The molecular weight excluding hydrogens is 315 g/mol. The van der Waals surface area contributed by atoms with Crippen LogP contribution in [0.2, 0.25) is 0 Å². The summed E-state index contributed by atoms with van der Waals surface area (Å²) in [5.41, 5.74) is 0.521. The minimum atomic E-state index is -4.60. The van der Waals surface area contributed by atoms with Crippen molar-refractivity contribution >= 4 is 17.6 Å². The van der Waals surface area contributed by atoms with E-state index >= 15 is 0 Å². The molecule has 0 N–H and O–H groups in total. The van der Waals surface area contributed by atoms with Crippen LogP contribution in [0.25, 0.3) is 0 Å². The number of thiazole rings is 1. The van der Waals surface area contributed by atoms with Crippen LogP contribution in [0.5, 0.6) is 0 Å². The van der Waals surface area contributed by atoms with Gasteiger partial charge in [0.25, 0.3) is 0 Å². The van der Waals surface area contributed by atoms with Gasteiger partial charge < -0.3 is 0 Å². The maximum Gasteiger partial charge on any atom is 0.418 e. The SMILES string of the molecule is C[C@@H](c1cnc(C=O)c(C(F)(F)F)c1)N(C)Cc1cncs1. The van der Waals surface area contributed by atoms with E-state index in [0.29, 0.717) is 12.1 Å². The van der Waals surface area contributed by atoms with Crippen LogP contribution in [0.4, 0.5) is 13.2 Å². The standard InChI is InChI=1S/C14H14F3N3OS/c1-9(20(2)6-11-5-18-8-22-11)10-3-12(14(15,16)17)13(7-21)19-4-10/h3-5,7-9H,6H2,1-2H3/t9-/m0/s1. The number of hydrogen-bond donors (Lipinski definition) is 0. The lowest BCUT2D eigenvalue weighted by molar-refractivity contribution is -0.138. The summed E-state index contributed by atoms with van der Waals surface area (Å²) in [6.45, 7) is 2.36. The van der Waals surface area contributed by atoms with Crippen LogP contribution in [0, 0.1) is 0 Å². The zero-order valence-corrected chi connectivity index (χ0v) is 12.8. The highest BCUT2D eigenvalue weighted by molar-refractivity contribution is 7.09. The third-order valence-corrected chi connectivity index (χ3v) is 4.15. The Bertz CT molecular complexity index is 643. The maximum absolute atomic E-state index is 13.0. The van der Waals surface area contributed by atoms with Gasteiger partial charge in [-0.2, -0.15) is 13.2 Å². The number of aldehydes is 1. The minimum Gasteiger partial charge on any atom is -0.296 e. The first-order chi connectivity index (χ1) is 10.3. The van der Waals surface area contributed by atoms with Gasteiger partial charge in [0.15, 0.2) is 6.29 Å². The second-order valence-electron chi connectivity index (χ2n) is 4.88. The van der Waals surface area contributed by atoms with E-state index in [1.165, 1.54) is 17.5 Å². The maximum atomic E-state index is 13.0. The first-order valence-corrected chi connectivity index (χ1v) is 7.30. The van der Waals surface area contributed by atoms with Crippen molar-refractivity contribution in [3.63, 3.8) is 0 Å². The van der Waals surface area contributed by atoms with E-state index in [9.17, 15) is 18.0 Å². The molecule has 0 radical (unpaired) electrons. The molecule has 0 aromatic carbocycles. The van der Waals surface area contributed by atoms with Crippen LogP contribution >= 0.6 is 11.3 Å². The molecule has 118 valence electrons. The van der Waals surface area contributed by atoms with E-state index in [0.717, 1.165) is 10.9 Å². The van der Waals surface area contributed by atoms with Crippen LogP contribution in [-0.2, 0) is 12.7 Å². The number of hydrogen-bond acceptors (Lipinski definition) is 5. The van der Waals surface area contributed by atoms with Crippen LogP contribution in [0.1, 0.15) is 39.5 Å². The van der Waals surface area contributed by atoms with Crippen molar-refractivity contribution in [2.24, 2.45) is 0 Å². The Hall–Kier alpha value is -1.80. The van der Waals surface area contributed by atoms with Gasteiger partial charge in [0.2, 0.25) is 0 Å². The van der Waals surface area contributed by atoms with Crippen molar-refractivity contribution in [2.45, 2.75) is 25.7 Å². The van der Waals surface area contributed by atoms with Gasteiger partial charge in [0.1, 0.15) is 5.69 Å². The number of carbonyl (C=O) groups is 1. The van der Waals surface area contributed by atoms with Crippen molar-refractivity contribution in [3.05, 3.63) is 45.7 Å². The third-order valence-electron chi connectivity index (χ3n) is 3.39.